The van der Waals surface area contributed by atoms with Crippen molar-refractivity contribution in [2.24, 2.45) is 11.8 Å². The van der Waals surface area contributed by atoms with Gasteiger partial charge in [-0.3, -0.25) is 19.2 Å². The molecule has 1 spiro atoms. The Morgan fingerprint density at radius 2 is 2.04 bits per heavy atom. The van der Waals surface area contributed by atoms with E-state index in [2.05, 4.69) is 28.8 Å². The normalized spacial score (nSPS) is 25.3. The van der Waals surface area contributed by atoms with Gasteiger partial charge < -0.3 is 29.7 Å². The van der Waals surface area contributed by atoms with Crippen LogP contribution in [0.4, 0.5) is 0 Å². The summed E-state index contributed by atoms with van der Waals surface area (Å²) >= 11 is 0. The minimum absolute atomic E-state index is 0.0352. The van der Waals surface area contributed by atoms with Crippen LogP contribution in [0, 0.1) is 11.8 Å². The minimum atomic E-state index is -1.19. The predicted molar refractivity (Wildman–Crippen MR) is 168 cm³/mol. The van der Waals surface area contributed by atoms with Crippen molar-refractivity contribution in [2.75, 3.05) is 26.2 Å². The molecular weight excluding hydrogens is 592 g/mol. The number of carbonyl (C=O) groups excluding carboxylic acids is 4. The summed E-state index contributed by atoms with van der Waals surface area (Å²) in [6, 6.07) is 6.49. The highest BCUT2D eigenvalue weighted by Gasteiger charge is 2.75. The first-order valence-corrected chi connectivity index (χ1v) is 16.1. The Kier molecular flexibility index (Phi) is 10.5. The number of hydrogen-bond donors (Lipinski definition) is 2. The summed E-state index contributed by atoms with van der Waals surface area (Å²) < 4.78 is 13.9. The van der Waals surface area contributed by atoms with Crippen molar-refractivity contribution in [3.8, 4) is 0 Å². The van der Waals surface area contributed by atoms with E-state index in [-0.39, 0.29) is 50.6 Å². The molecule has 1 aromatic heterocycles. The third kappa shape index (κ3) is 6.43. The lowest BCUT2D eigenvalue weighted by molar-refractivity contribution is -0.159. The summed E-state index contributed by atoms with van der Waals surface area (Å²) in [6.07, 6.45) is 5.72. The minimum Gasteiger partial charge on any atom is -0.460 e. The van der Waals surface area contributed by atoms with E-state index in [4.69, 9.17) is 9.47 Å². The SMILES string of the molecule is C=CCCC(=O)NC[C@@H](C)OC(=O)[C@@H]1[C@@H]2CC[C@]3(O2)[C@H](C(=O)N(CC=C)Cn2nnc4ccccc42)N(CCCCCO)C(=O)[C@@H]13. The van der Waals surface area contributed by atoms with Crippen LogP contribution >= 0.6 is 0 Å². The summed E-state index contributed by atoms with van der Waals surface area (Å²) in [4.78, 5) is 57.7. The lowest BCUT2D eigenvalue weighted by Crippen LogP contribution is -2.56. The molecule has 1 aromatic carbocycles. The number of amides is 3. The van der Waals surface area contributed by atoms with Gasteiger partial charge in [-0.25, -0.2) is 4.68 Å². The molecule has 0 saturated carbocycles. The maximum Gasteiger partial charge on any atom is 0.312 e. The summed E-state index contributed by atoms with van der Waals surface area (Å²) in [5, 5.41) is 20.5. The molecule has 0 radical (unpaired) electrons. The van der Waals surface area contributed by atoms with Crippen LogP contribution in [-0.2, 0) is 35.3 Å². The second kappa shape index (κ2) is 14.5. The highest BCUT2D eigenvalue weighted by Crippen LogP contribution is 2.59. The number of likely N-dealkylation sites (tertiary alicyclic amines) is 1. The molecule has 0 aliphatic carbocycles. The van der Waals surface area contributed by atoms with Crippen molar-refractivity contribution in [1.82, 2.24) is 30.1 Å². The van der Waals surface area contributed by atoms with Gasteiger partial charge in [-0.1, -0.05) is 29.5 Å². The third-order valence-corrected chi connectivity index (χ3v) is 9.23. The molecular formula is C33H44N6O7. The van der Waals surface area contributed by atoms with Gasteiger partial charge in [0.2, 0.25) is 17.7 Å². The zero-order valence-electron chi connectivity index (χ0n) is 26.4. The number of nitrogens with zero attached hydrogens (tertiary/aromatic N) is 5. The van der Waals surface area contributed by atoms with Gasteiger partial charge in [-0.2, -0.15) is 0 Å². The summed E-state index contributed by atoms with van der Waals surface area (Å²) in [6.45, 7) is 9.89. The van der Waals surface area contributed by atoms with Gasteiger partial charge in [0.1, 0.15) is 29.9 Å². The Morgan fingerprint density at radius 1 is 1.24 bits per heavy atom. The molecule has 2 bridgehead atoms. The van der Waals surface area contributed by atoms with E-state index in [0.717, 1.165) is 5.52 Å². The number of carbonyl (C=O) groups is 4. The van der Waals surface area contributed by atoms with Crippen LogP contribution in [0.1, 0.15) is 51.9 Å². The Balaban J connectivity index is 1.39. The fraction of sp³-hybridized carbons (Fsp3) is 0.576. The van der Waals surface area contributed by atoms with Gasteiger partial charge in [-0.15, -0.1) is 18.3 Å². The molecule has 3 aliphatic heterocycles. The van der Waals surface area contributed by atoms with E-state index in [1.807, 2.05) is 24.3 Å². The van der Waals surface area contributed by atoms with E-state index in [0.29, 0.717) is 50.5 Å². The first-order chi connectivity index (χ1) is 22.2. The Bertz CT molecular complexity index is 1460. The number of esters is 1. The van der Waals surface area contributed by atoms with Gasteiger partial charge in [0.15, 0.2) is 0 Å². The summed E-state index contributed by atoms with van der Waals surface area (Å²) in [5.41, 5.74) is 0.264. The van der Waals surface area contributed by atoms with Gasteiger partial charge in [0.25, 0.3) is 0 Å². The Labute approximate surface area is 268 Å². The van der Waals surface area contributed by atoms with E-state index in [1.165, 1.54) is 0 Å². The maximum atomic E-state index is 14.6. The average Bonchev–Trinajstić information content (AvgIpc) is 3.80. The standard InChI is InChI=1S/C33H44N6O7/c1-4-6-14-26(41)34-20-22(3)45-32(44)27-25-15-16-33(46-25)28(27)30(42)38(18-10-7-11-19-40)29(33)31(43)37(17-5-2)21-39-24-13-9-8-12-23(24)35-36-39/h4-5,8-9,12-13,22,25,27-29,40H,1-2,6-7,10-11,14-21H2,3H3,(H,34,41)/t22-,25+,27-,28-,29+,33-/m1/s1. The van der Waals surface area contributed by atoms with Crippen molar-refractivity contribution >= 4 is 34.7 Å². The molecule has 3 amide bonds. The van der Waals surface area contributed by atoms with Crippen molar-refractivity contribution in [3.63, 3.8) is 0 Å². The molecule has 2 N–H and O–H groups in total. The second-order valence-electron chi connectivity index (χ2n) is 12.3. The van der Waals surface area contributed by atoms with Crippen LogP contribution < -0.4 is 5.32 Å². The van der Waals surface area contributed by atoms with E-state index >= 15 is 0 Å². The smallest absolute Gasteiger partial charge is 0.312 e. The molecule has 3 fully saturated rings. The first-order valence-electron chi connectivity index (χ1n) is 16.1. The molecule has 6 atom stereocenters. The number of hydrogen-bond acceptors (Lipinski definition) is 9. The van der Waals surface area contributed by atoms with Crippen molar-refractivity contribution < 1.29 is 33.8 Å². The number of nitrogens with one attached hydrogen (secondary N) is 1. The molecule has 0 unspecified atom stereocenters. The number of unbranched alkanes of at least 4 members (excludes halogenated alkanes) is 2. The molecule has 13 nitrogen and oxygen atoms in total. The van der Waals surface area contributed by atoms with Crippen molar-refractivity contribution in [1.29, 1.82) is 0 Å². The summed E-state index contributed by atoms with van der Waals surface area (Å²) in [7, 11) is 0. The lowest BCUT2D eigenvalue weighted by atomic mass is 9.70. The third-order valence-electron chi connectivity index (χ3n) is 9.23. The molecule has 4 heterocycles. The highest BCUT2D eigenvalue weighted by molar-refractivity contribution is 5.98. The number of ether oxygens (including phenoxy) is 2. The number of benzene rings is 1. The highest BCUT2D eigenvalue weighted by atomic mass is 16.6. The molecule has 46 heavy (non-hydrogen) atoms. The van der Waals surface area contributed by atoms with Crippen LogP contribution in [0.5, 0.6) is 0 Å². The van der Waals surface area contributed by atoms with Crippen LogP contribution in [-0.4, -0.2) is 104 Å². The van der Waals surface area contributed by atoms with Gasteiger partial charge >= 0.3 is 5.97 Å². The topological polar surface area (TPSA) is 156 Å². The fourth-order valence-corrected chi connectivity index (χ4v) is 7.14. The zero-order chi connectivity index (χ0) is 32.8. The van der Waals surface area contributed by atoms with E-state index in [9.17, 15) is 24.3 Å². The van der Waals surface area contributed by atoms with Crippen LogP contribution in [0.25, 0.3) is 11.0 Å². The van der Waals surface area contributed by atoms with Crippen molar-refractivity contribution in [3.05, 3.63) is 49.6 Å². The molecule has 3 aliphatic rings. The van der Waals surface area contributed by atoms with E-state index in [1.54, 1.807) is 33.6 Å². The van der Waals surface area contributed by atoms with Gasteiger partial charge in [0, 0.05) is 26.1 Å². The Morgan fingerprint density at radius 3 is 2.80 bits per heavy atom. The van der Waals surface area contributed by atoms with E-state index < -0.39 is 41.7 Å². The number of para-hydroxylation sites is 1. The number of allylic oxidation sites excluding steroid dienone is 1. The van der Waals surface area contributed by atoms with Crippen molar-refractivity contribution in [2.45, 2.75) is 82.4 Å². The number of rotatable bonds is 17. The summed E-state index contributed by atoms with van der Waals surface area (Å²) in [5.74, 6) is -3.10. The second-order valence-corrected chi connectivity index (χ2v) is 12.3. The molecule has 2 aromatic rings. The van der Waals surface area contributed by atoms with Crippen LogP contribution in [0.3, 0.4) is 0 Å². The zero-order valence-corrected chi connectivity index (χ0v) is 26.4. The molecule has 13 heteroatoms. The number of fused-ring (bicyclic) bond motifs is 2. The quantitative estimate of drug-likeness (QED) is 0.151. The lowest BCUT2D eigenvalue weighted by Gasteiger charge is -2.36. The van der Waals surface area contributed by atoms with Gasteiger partial charge in [-0.05, 0) is 57.6 Å². The van der Waals surface area contributed by atoms with Gasteiger partial charge in [0.05, 0.1) is 30.0 Å². The number of aliphatic hydroxyl groups excluding tert-OH is 1. The molecule has 248 valence electrons. The van der Waals surface area contributed by atoms with Crippen LogP contribution in [0.2, 0.25) is 0 Å². The first kappa shape index (κ1) is 33.3. The monoisotopic (exact) mass is 636 g/mol. The largest absolute Gasteiger partial charge is 0.460 e. The molecule has 5 rings (SSSR count). The maximum absolute atomic E-state index is 14.6. The molecule has 3 saturated heterocycles. The number of aliphatic hydroxyl groups is 1. The Hall–Kier alpha value is -4.10. The number of aromatic nitrogens is 3. The average molecular weight is 637 g/mol. The predicted octanol–water partition coefficient (Wildman–Crippen LogP) is 1.95. The fourth-order valence-electron chi connectivity index (χ4n) is 7.14. The van der Waals surface area contributed by atoms with Crippen LogP contribution in [0.15, 0.2) is 49.6 Å².